The molecule has 0 radical (unpaired) electrons. The van der Waals surface area contributed by atoms with Gasteiger partial charge in [0.15, 0.2) is 5.11 Å². The van der Waals surface area contributed by atoms with Gasteiger partial charge in [-0.25, -0.2) is 0 Å². The molecule has 0 aliphatic carbocycles. The van der Waals surface area contributed by atoms with Crippen LogP contribution in [0, 0.1) is 0 Å². The van der Waals surface area contributed by atoms with Crippen molar-refractivity contribution in [2.75, 3.05) is 27.4 Å². The van der Waals surface area contributed by atoms with Crippen molar-refractivity contribution in [1.29, 1.82) is 0 Å². The summed E-state index contributed by atoms with van der Waals surface area (Å²) < 4.78 is 16.3. The molecule has 0 bridgehead atoms. The highest BCUT2D eigenvalue weighted by atomic mass is 32.1. The second kappa shape index (κ2) is 10.7. The van der Waals surface area contributed by atoms with Gasteiger partial charge >= 0.3 is 0 Å². The van der Waals surface area contributed by atoms with Crippen molar-refractivity contribution in [2.24, 2.45) is 0 Å². The van der Waals surface area contributed by atoms with E-state index in [4.69, 9.17) is 26.4 Å². The first-order valence-corrected chi connectivity index (χ1v) is 11.4. The third-order valence-corrected chi connectivity index (χ3v) is 6.22. The Bertz CT molecular complexity index is 1160. The van der Waals surface area contributed by atoms with Crippen LogP contribution in [0.3, 0.4) is 0 Å². The van der Waals surface area contributed by atoms with Crippen molar-refractivity contribution in [2.45, 2.75) is 32.0 Å². The van der Waals surface area contributed by atoms with Crippen molar-refractivity contribution in [3.63, 3.8) is 0 Å². The summed E-state index contributed by atoms with van der Waals surface area (Å²) in [5, 5.41) is 4.84. The van der Waals surface area contributed by atoms with Gasteiger partial charge in [0.25, 0.3) is 5.56 Å². The topological polar surface area (TPSA) is 75.8 Å². The van der Waals surface area contributed by atoms with Gasteiger partial charge in [0, 0.05) is 36.2 Å². The van der Waals surface area contributed by atoms with E-state index in [0.29, 0.717) is 30.3 Å². The molecule has 7 nitrogen and oxygen atoms in total. The Hall–Kier alpha value is -3.10. The standard InChI is InChI=1S/C25H29N3O4S/c1-30-20-7-5-17(6-8-20)15-28(25(33)26-14-22-4-3-11-32-22)16-19-12-18-13-21(31-2)9-10-23(18)27-24(19)29/h5-10,12-13,22H,3-4,11,14-16H2,1-2H3,(H,26,33)(H,27,29)/t22-/m0/s1. The molecule has 0 saturated carbocycles. The molecule has 2 aromatic carbocycles. The van der Waals surface area contributed by atoms with E-state index < -0.39 is 0 Å². The summed E-state index contributed by atoms with van der Waals surface area (Å²) in [5.41, 5.74) is 2.33. The van der Waals surface area contributed by atoms with Crippen LogP contribution in [-0.2, 0) is 17.8 Å². The molecule has 1 aliphatic heterocycles. The van der Waals surface area contributed by atoms with Crippen molar-refractivity contribution < 1.29 is 14.2 Å². The van der Waals surface area contributed by atoms with Crippen LogP contribution in [0.5, 0.6) is 11.5 Å². The molecule has 1 aliphatic rings. The average Bonchev–Trinajstić information content (AvgIpc) is 3.36. The van der Waals surface area contributed by atoms with Gasteiger partial charge in [-0.3, -0.25) is 4.79 Å². The van der Waals surface area contributed by atoms with Gasteiger partial charge < -0.3 is 29.4 Å². The summed E-state index contributed by atoms with van der Waals surface area (Å²) >= 11 is 5.74. The minimum absolute atomic E-state index is 0.130. The third-order valence-electron chi connectivity index (χ3n) is 5.81. The number of nitrogens with one attached hydrogen (secondary N) is 2. The molecule has 8 heteroatoms. The number of fused-ring (bicyclic) bond motifs is 1. The molecule has 174 valence electrons. The van der Waals surface area contributed by atoms with Gasteiger partial charge in [0.2, 0.25) is 0 Å². The molecule has 33 heavy (non-hydrogen) atoms. The molecule has 4 rings (SSSR count). The number of hydrogen-bond donors (Lipinski definition) is 2. The number of rotatable bonds is 8. The fourth-order valence-electron chi connectivity index (χ4n) is 3.95. The summed E-state index contributed by atoms with van der Waals surface area (Å²) in [6, 6.07) is 15.3. The van der Waals surface area contributed by atoms with Crippen LogP contribution >= 0.6 is 12.2 Å². The van der Waals surface area contributed by atoms with E-state index in [1.54, 1.807) is 14.2 Å². The van der Waals surface area contributed by atoms with E-state index >= 15 is 0 Å². The maximum atomic E-state index is 12.8. The van der Waals surface area contributed by atoms with Gasteiger partial charge in [0.1, 0.15) is 11.5 Å². The number of ether oxygens (including phenoxy) is 3. The van der Waals surface area contributed by atoms with Gasteiger partial charge in [-0.2, -0.15) is 0 Å². The number of pyridine rings is 1. The molecule has 0 unspecified atom stereocenters. The Morgan fingerprint density at radius 1 is 1.12 bits per heavy atom. The van der Waals surface area contributed by atoms with Crippen LogP contribution in [0.1, 0.15) is 24.0 Å². The predicted molar refractivity (Wildman–Crippen MR) is 133 cm³/mol. The lowest BCUT2D eigenvalue weighted by Gasteiger charge is -2.27. The zero-order valence-corrected chi connectivity index (χ0v) is 19.7. The number of methoxy groups -OCH3 is 2. The molecule has 1 aromatic heterocycles. The number of hydrogen-bond acceptors (Lipinski definition) is 5. The van der Waals surface area contributed by atoms with Crippen LogP contribution in [0.15, 0.2) is 53.3 Å². The normalized spacial score (nSPS) is 15.4. The summed E-state index contributed by atoms with van der Waals surface area (Å²) in [6.07, 6.45) is 2.27. The van der Waals surface area contributed by atoms with Crippen molar-refractivity contribution in [3.05, 3.63) is 70.0 Å². The first-order chi connectivity index (χ1) is 16.1. The van der Waals surface area contributed by atoms with Crippen molar-refractivity contribution in [3.8, 4) is 11.5 Å². The van der Waals surface area contributed by atoms with Crippen LogP contribution in [0.4, 0.5) is 0 Å². The predicted octanol–water partition coefficient (Wildman–Crippen LogP) is 3.60. The molecule has 1 atom stereocenters. The zero-order valence-electron chi connectivity index (χ0n) is 18.9. The molecule has 2 N–H and O–H groups in total. The molecular formula is C25H29N3O4S. The van der Waals surface area contributed by atoms with E-state index in [1.165, 1.54) is 0 Å². The number of thiocarbonyl (C=S) groups is 1. The Balaban J connectivity index is 1.57. The molecule has 3 aromatic rings. The van der Waals surface area contributed by atoms with Gasteiger partial charge in [-0.1, -0.05) is 12.1 Å². The SMILES string of the molecule is COc1ccc(CN(Cc2cc3cc(OC)ccc3[nH]c2=O)C(=S)NC[C@@H]2CCCO2)cc1. The van der Waals surface area contributed by atoms with E-state index in [9.17, 15) is 4.79 Å². The second-order valence-corrected chi connectivity index (χ2v) is 8.49. The lowest BCUT2D eigenvalue weighted by atomic mass is 10.1. The van der Waals surface area contributed by atoms with Gasteiger partial charge in [-0.05, 0) is 67.0 Å². The summed E-state index contributed by atoms with van der Waals surface area (Å²) in [5.74, 6) is 1.54. The number of benzene rings is 2. The van der Waals surface area contributed by atoms with Crippen molar-refractivity contribution >= 4 is 28.2 Å². The summed E-state index contributed by atoms with van der Waals surface area (Å²) in [7, 11) is 3.27. The van der Waals surface area contributed by atoms with Crippen molar-refractivity contribution in [1.82, 2.24) is 15.2 Å². The van der Waals surface area contributed by atoms with E-state index in [1.807, 2.05) is 53.4 Å². The van der Waals surface area contributed by atoms with Crippen LogP contribution in [0.2, 0.25) is 0 Å². The Kier molecular flexibility index (Phi) is 7.47. The van der Waals surface area contributed by atoms with Gasteiger partial charge in [-0.15, -0.1) is 0 Å². The molecule has 2 heterocycles. The highest BCUT2D eigenvalue weighted by Crippen LogP contribution is 2.20. The molecule has 0 spiro atoms. The van der Waals surface area contributed by atoms with Gasteiger partial charge in [0.05, 0.1) is 26.9 Å². The van der Waals surface area contributed by atoms with Crippen LogP contribution in [-0.4, -0.2) is 48.5 Å². The first kappa shape index (κ1) is 23.1. The van der Waals surface area contributed by atoms with E-state index in [-0.39, 0.29) is 11.7 Å². The summed E-state index contributed by atoms with van der Waals surface area (Å²) in [4.78, 5) is 17.8. The minimum Gasteiger partial charge on any atom is -0.497 e. The Morgan fingerprint density at radius 3 is 2.58 bits per heavy atom. The Morgan fingerprint density at radius 2 is 1.88 bits per heavy atom. The first-order valence-electron chi connectivity index (χ1n) is 11.0. The van der Waals surface area contributed by atoms with Crippen LogP contribution in [0.25, 0.3) is 10.9 Å². The highest BCUT2D eigenvalue weighted by molar-refractivity contribution is 7.80. The largest absolute Gasteiger partial charge is 0.497 e. The smallest absolute Gasteiger partial charge is 0.253 e. The minimum atomic E-state index is -0.130. The quantitative estimate of drug-likeness (QED) is 0.490. The van der Waals surface area contributed by atoms with E-state index in [2.05, 4.69) is 10.3 Å². The number of aromatic amines is 1. The lowest BCUT2D eigenvalue weighted by molar-refractivity contribution is 0.113. The summed E-state index contributed by atoms with van der Waals surface area (Å²) in [6.45, 7) is 2.37. The maximum Gasteiger partial charge on any atom is 0.253 e. The molecule has 1 fully saturated rings. The monoisotopic (exact) mass is 467 g/mol. The molecular weight excluding hydrogens is 438 g/mol. The number of H-pyrrole nitrogens is 1. The maximum absolute atomic E-state index is 12.8. The zero-order chi connectivity index (χ0) is 23.2. The number of nitrogens with zero attached hydrogens (tertiary/aromatic N) is 1. The third kappa shape index (κ3) is 5.83. The molecule has 0 amide bonds. The average molecular weight is 468 g/mol. The van der Waals surface area contributed by atoms with Crippen LogP contribution < -0.4 is 20.3 Å². The number of aromatic nitrogens is 1. The molecule has 1 saturated heterocycles. The lowest BCUT2D eigenvalue weighted by Crippen LogP contribution is -2.42. The highest BCUT2D eigenvalue weighted by Gasteiger charge is 2.19. The second-order valence-electron chi connectivity index (χ2n) is 8.10. The van der Waals surface area contributed by atoms with E-state index in [0.717, 1.165) is 47.4 Å². The fourth-order valence-corrected chi connectivity index (χ4v) is 4.16. The fraction of sp³-hybridized carbons (Fsp3) is 0.360. The Labute approximate surface area is 198 Å².